The number of rotatable bonds is 6. The van der Waals surface area contributed by atoms with E-state index in [0.717, 1.165) is 43.0 Å². The summed E-state index contributed by atoms with van der Waals surface area (Å²) in [5.74, 6) is 1.59. The Morgan fingerprint density at radius 2 is 2.28 bits per heavy atom. The second-order valence-electron chi connectivity index (χ2n) is 7.62. The summed E-state index contributed by atoms with van der Waals surface area (Å²) in [6, 6.07) is 6.65. The van der Waals surface area contributed by atoms with E-state index in [4.69, 9.17) is 0 Å². The van der Waals surface area contributed by atoms with Gasteiger partial charge in [-0.2, -0.15) is 0 Å². The lowest BCUT2D eigenvalue weighted by Gasteiger charge is -2.29. The minimum Gasteiger partial charge on any atom is -0.355 e. The fourth-order valence-electron chi connectivity index (χ4n) is 4.76. The van der Waals surface area contributed by atoms with Crippen molar-refractivity contribution >= 4 is 17.7 Å². The molecule has 4 rings (SSSR count). The van der Waals surface area contributed by atoms with Crippen molar-refractivity contribution in [1.82, 2.24) is 20.5 Å². The molecule has 0 radical (unpaired) electrons. The Balaban J connectivity index is 1.30. The first-order chi connectivity index (χ1) is 12.3. The summed E-state index contributed by atoms with van der Waals surface area (Å²) in [4.78, 5) is 19.9. The average Bonchev–Trinajstić information content (AvgIpc) is 3.34. The number of hydrogen-bond donors (Lipinski definition) is 2. The van der Waals surface area contributed by atoms with Crippen LogP contribution in [0.25, 0.3) is 0 Å². The van der Waals surface area contributed by atoms with Gasteiger partial charge < -0.3 is 10.6 Å². The van der Waals surface area contributed by atoms with Crippen LogP contribution in [0.4, 0.5) is 0 Å². The SMILES string of the molecule is O=C(NCCSc1ccccn1)[C@]12CNC[C@H]1CN(C1CCCC1)C2. The van der Waals surface area contributed by atoms with Crippen LogP contribution in [-0.2, 0) is 4.79 Å². The number of nitrogens with zero attached hydrogens (tertiary/aromatic N) is 2. The highest BCUT2D eigenvalue weighted by Crippen LogP contribution is 2.42. The van der Waals surface area contributed by atoms with Gasteiger partial charge in [-0.15, -0.1) is 11.8 Å². The van der Waals surface area contributed by atoms with Crippen LogP contribution in [0.2, 0.25) is 0 Å². The minimum absolute atomic E-state index is 0.210. The number of amides is 1. The highest BCUT2D eigenvalue weighted by atomic mass is 32.2. The average molecular weight is 361 g/mol. The van der Waals surface area contributed by atoms with Gasteiger partial charge in [0.25, 0.3) is 0 Å². The zero-order valence-electron chi connectivity index (χ0n) is 14.7. The van der Waals surface area contributed by atoms with Crippen LogP contribution in [0.1, 0.15) is 25.7 Å². The summed E-state index contributed by atoms with van der Waals surface area (Å²) < 4.78 is 0. The minimum atomic E-state index is -0.210. The molecule has 25 heavy (non-hydrogen) atoms. The van der Waals surface area contributed by atoms with Crippen molar-refractivity contribution in [2.45, 2.75) is 36.8 Å². The summed E-state index contributed by atoms with van der Waals surface area (Å²) in [6.45, 7) is 4.56. The second kappa shape index (κ2) is 7.64. The molecule has 0 aromatic carbocycles. The second-order valence-corrected chi connectivity index (χ2v) is 8.74. The molecule has 0 spiro atoms. The number of nitrogens with one attached hydrogen (secondary N) is 2. The highest BCUT2D eigenvalue weighted by molar-refractivity contribution is 7.99. The van der Waals surface area contributed by atoms with Crippen molar-refractivity contribution in [3.63, 3.8) is 0 Å². The lowest BCUT2D eigenvalue weighted by molar-refractivity contribution is -0.130. The van der Waals surface area contributed by atoms with Gasteiger partial charge in [0.15, 0.2) is 0 Å². The van der Waals surface area contributed by atoms with Crippen molar-refractivity contribution in [2.24, 2.45) is 11.3 Å². The zero-order chi connectivity index (χ0) is 17.1. The molecule has 0 bridgehead atoms. The van der Waals surface area contributed by atoms with Gasteiger partial charge in [0.05, 0.1) is 10.4 Å². The molecular formula is C19H28N4OS. The molecule has 1 aliphatic carbocycles. The molecule has 3 fully saturated rings. The van der Waals surface area contributed by atoms with E-state index in [9.17, 15) is 4.79 Å². The van der Waals surface area contributed by atoms with Crippen molar-refractivity contribution in [3.05, 3.63) is 24.4 Å². The van der Waals surface area contributed by atoms with Crippen LogP contribution in [0.3, 0.4) is 0 Å². The quantitative estimate of drug-likeness (QED) is 0.598. The largest absolute Gasteiger partial charge is 0.355 e. The third-order valence-corrected chi connectivity index (χ3v) is 7.07. The Morgan fingerprint density at radius 1 is 1.40 bits per heavy atom. The number of carbonyl (C=O) groups is 1. The predicted molar refractivity (Wildman–Crippen MR) is 101 cm³/mol. The molecule has 136 valence electrons. The van der Waals surface area contributed by atoms with E-state index in [0.29, 0.717) is 12.5 Å². The van der Waals surface area contributed by atoms with Gasteiger partial charge in [-0.25, -0.2) is 4.98 Å². The number of aromatic nitrogens is 1. The van der Waals surface area contributed by atoms with E-state index in [-0.39, 0.29) is 11.3 Å². The highest BCUT2D eigenvalue weighted by Gasteiger charge is 2.55. The number of fused-ring (bicyclic) bond motifs is 1. The van der Waals surface area contributed by atoms with Crippen molar-refractivity contribution in [3.8, 4) is 0 Å². The standard InChI is InChI=1S/C19H28N4OS/c24-18(22-9-10-25-17-7-3-4-8-21-17)19-13-20-11-15(19)12-23(14-19)16-5-1-2-6-16/h3-4,7-8,15-16,20H,1-2,5-6,9-14H2,(H,22,24)/t15-,19-/m0/s1. The molecule has 2 aliphatic heterocycles. The van der Waals surface area contributed by atoms with Gasteiger partial charge in [0.1, 0.15) is 0 Å². The van der Waals surface area contributed by atoms with E-state index in [1.165, 1.54) is 25.7 Å². The maximum Gasteiger partial charge on any atom is 0.229 e. The Kier molecular flexibility index (Phi) is 5.29. The van der Waals surface area contributed by atoms with Crippen LogP contribution in [0, 0.1) is 11.3 Å². The van der Waals surface area contributed by atoms with Crippen LogP contribution in [-0.4, -0.2) is 60.3 Å². The van der Waals surface area contributed by atoms with E-state index in [1.807, 2.05) is 24.4 Å². The molecule has 2 saturated heterocycles. The molecule has 2 atom stereocenters. The van der Waals surface area contributed by atoms with Gasteiger partial charge in [0, 0.05) is 56.6 Å². The summed E-state index contributed by atoms with van der Waals surface area (Å²) in [6.07, 6.45) is 7.16. The van der Waals surface area contributed by atoms with Crippen LogP contribution in [0.15, 0.2) is 29.4 Å². The van der Waals surface area contributed by atoms with E-state index >= 15 is 0 Å². The zero-order valence-corrected chi connectivity index (χ0v) is 15.6. The smallest absolute Gasteiger partial charge is 0.229 e. The molecule has 3 heterocycles. The van der Waals surface area contributed by atoms with E-state index in [1.54, 1.807) is 11.8 Å². The van der Waals surface area contributed by atoms with Gasteiger partial charge in [-0.1, -0.05) is 18.9 Å². The summed E-state index contributed by atoms with van der Waals surface area (Å²) in [7, 11) is 0. The molecule has 1 saturated carbocycles. The third kappa shape index (κ3) is 3.57. The molecule has 1 aromatic heterocycles. The van der Waals surface area contributed by atoms with Gasteiger partial charge in [-0.05, 0) is 25.0 Å². The van der Waals surface area contributed by atoms with Crippen molar-refractivity contribution in [1.29, 1.82) is 0 Å². The monoisotopic (exact) mass is 360 g/mol. The van der Waals surface area contributed by atoms with Gasteiger partial charge >= 0.3 is 0 Å². The van der Waals surface area contributed by atoms with Crippen LogP contribution < -0.4 is 10.6 Å². The van der Waals surface area contributed by atoms with E-state index < -0.39 is 0 Å². The summed E-state index contributed by atoms with van der Waals surface area (Å²) >= 11 is 1.70. The lowest BCUT2D eigenvalue weighted by atomic mass is 9.80. The van der Waals surface area contributed by atoms with Crippen molar-refractivity contribution < 1.29 is 4.79 Å². The molecule has 1 amide bonds. The fraction of sp³-hybridized carbons (Fsp3) is 0.684. The molecule has 6 heteroatoms. The number of pyridine rings is 1. The fourth-order valence-corrected chi connectivity index (χ4v) is 5.48. The Labute approximate surface area is 154 Å². The van der Waals surface area contributed by atoms with Gasteiger partial charge in [-0.3, -0.25) is 9.69 Å². The first-order valence-corrected chi connectivity index (χ1v) is 10.5. The number of thioether (sulfide) groups is 1. The normalized spacial score (nSPS) is 29.8. The lowest BCUT2D eigenvalue weighted by Crippen LogP contribution is -2.48. The molecule has 5 nitrogen and oxygen atoms in total. The Morgan fingerprint density at radius 3 is 3.08 bits per heavy atom. The summed E-state index contributed by atoms with van der Waals surface area (Å²) in [5.41, 5.74) is -0.210. The number of hydrogen-bond acceptors (Lipinski definition) is 5. The first kappa shape index (κ1) is 17.3. The van der Waals surface area contributed by atoms with Crippen LogP contribution >= 0.6 is 11.8 Å². The topological polar surface area (TPSA) is 57.3 Å². The molecular weight excluding hydrogens is 332 g/mol. The number of likely N-dealkylation sites (tertiary alicyclic amines) is 1. The molecule has 3 aliphatic rings. The van der Waals surface area contributed by atoms with Crippen LogP contribution in [0.5, 0.6) is 0 Å². The first-order valence-electron chi connectivity index (χ1n) is 9.55. The Hall–Kier alpha value is -1.11. The van der Waals surface area contributed by atoms with Crippen molar-refractivity contribution in [2.75, 3.05) is 38.5 Å². The molecule has 1 aromatic rings. The maximum absolute atomic E-state index is 13.0. The molecule has 0 unspecified atom stereocenters. The summed E-state index contributed by atoms with van der Waals surface area (Å²) in [5, 5.41) is 7.70. The maximum atomic E-state index is 13.0. The molecule has 2 N–H and O–H groups in total. The predicted octanol–water partition coefficient (Wildman–Crippen LogP) is 1.75. The van der Waals surface area contributed by atoms with Gasteiger partial charge in [0.2, 0.25) is 5.91 Å². The third-order valence-electron chi connectivity index (χ3n) is 6.12. The number of carbonyl (C=O) groups excluding carboxylic acids is 1. The van der Waals surface area contributed by atoms with E-state index in [2.05, 4.69) is 20.5 Å². The Bertz CT molecular complexity index is 592.